The molecule has 1 aromatic carbocycles. The molecule has 0 radical (unpaired) electrons. The topological polar surface area (TPSA) is 29.5 Å². The molecule has 14 heavy (non-hydrogen) atoms. The first-order valence-corrected chi connectivity index (χ1v) is 5.15. The molecular formula is C11H13BrO2. The van der Waals surface area contributed by atoms with E-state index in [2.05, 4.69) is 22.5 Å². The lowest BCUT2D eigenvalue weighted by Crippen LogP contribution is -2.00. The monoisotopic (exact) mass is 256 g/mol. The molecule has 0 amide bonds. The zero-order valence-electron chi connectivity index (χ0n) is 8.03. The molecule has 1 N–H and O–H groups in total. The molecule has 0 aromatic heterocycles. The molecule has 3 heteroatoms. The van der Waals surface area contributed by atoms with Crippen LogP contribution >= 0.6 is 15.9 Å². The summed E-state index contributed by atoms with van der Waals surface area (Å²) in [6.45, 7) is 5.73. The lowest BCUT2D eigenvalue weighted by atomic mass is 10.1. The number of benzene rings is 1. The van der Waals surface area contributed by atoms with Gasteiger partial charge in [0.2, 0.25) is 0 Å². The van der Waals surface area contributed by atoms with Crippen LogP contribution in [0.25, 0.3) is 0 Å². The normalized spacial score (nSPS) is 12.2. The van der Waals surface area contributed by atoms with E-state index >= 15 is 0 Å². The highest BCUT2D eigenvalue weighted by Crippen LogP contribution is 2.28. The molecule has 0 aliphatic carbocycles. The Morgan fingerprint density at radius 1 is 1.64 bits per heavy atom. The van der Waals surface area contributed by atoms with Crippen molar-refractivity contribution in [1.82, 2.24) is 0 Å². The van der Waals surface area contributed by atoms with Crippen molar-refractivity contribution in [2.75, 3.05) is 6.61 Å². The highest BCUT2D eigenvalue weighted by molar-refractivity contribution is 9.10. The Labute approximate surface area is 92.3 Å². The minimum absolute atomic E-state index is 0.441. The number of halogens is 1. The van der Waals surface area contributed by atoms with E-state index in [0.29, 0.717) is 12.4 Å². The van der Waals surface area contributed by atoms with Crippen LogP contribution in [-0.2, 0) is 0 Å². The Kier molecular flexibility index (Phi) is 4.17. The first-order chi connectivity index (χ1) is 6.65. The summed E-state index contributed by atoms with van der Waals surface area (Å²) in [7, 11) is 0. The molecule has 0 fully saturated rings. The van der Waals surface area contributed by atoms with Crippen LogP contribution in [0.15, 0.2) is 35.3 Å². The lowest BCUT2D eigenvalue weighted by molar-refractivity contribution is 0.193. The fourth-order valence-corrected chi connectivity index (χ4v) is 1.47. The molecule has 0 aliphatic rings. The largest absolute Gasteiger partial charge is 0.489 e. The number of hydrogen-bond donors (Lipinski definition) is 1. The van der Waals surface area contributed by atoms with Crippen LogP contribution in [-0.4, -0.2) is 11.7 Å². The zero-order valence-corrected chi connectivity index (χ0v) is 9.62. The maximum absolute atomic E-state index is 9.47. The quantitative estimate of drug-likeness (QED) is 0.840. The number of aliphatic hydroxyl groups is 1. The Morgan fingerprint density at radius 3 is 2.93 bits per heavy atom. The van der Waals surface area contributed by atoms with Gasteiger partial charge in [0.15, 0.2) is 0 Å². The molecule has 2 nitrogen and oxygen atoms in total. The number of ether oxygens (including phenoxy) is 1. The van der Waals surface area contributed by atoms with Crippen molar-refractivity contribution in [2.45, 2.75) is 13.0 Å². The maximum Gasteiger partial charge on any atom is 0.126 e. The third kappa shape index (κ3) is 2.86. The van der Waals surface area contributed by atoms with E-state index in [0.717, 1.165) is 10.0 Å². The molecule has 1 aromatic rings. The Morgan fingerprint density at radius 2 is 2.36 bits per heavy atom. The van der Waals surface area contributed by atoms with Crippen molar-refractivity contribution >= 4 is 15.9 Å². The predicted octanol–water partition coefficient (Wildman–Crippen LogP) is 3.07. The van der Waals surface area contributed by atoms with Gasteiger partial charge in [0, 0.05) is 10.0 Å². The summed E-state index contributed by atoms with van der Waals surface area (Å²) < 4.78 is 6.35. The summed E-state index contributed by atoms with van der Waals surface area (Å²) in [6.07, 6.45) is 1.15. The minimum Gasteiger partial charge on any atom is -0.489 e. The molecule has 0 saturated heterocycles. The van der Waals surface area contributed by atoms with Gasteiger partial charge in [-0.3, -0.25) is 0 Å². The number of aliphatic hydroxyl groups excluding tert-OH is 1. The first-order valence-electron chi connectivity index (χ1n) is 4.36. The highest BCUT2D eigenvalue weighted by Gasteiger charge is 2.08. The fraction of sp³-hybridized carbons (Fsp3) is 0.273. The molecule has 0 bridgehead atoms. The van der Waals surface area contributed by atoms with Crippen molar-refractivity contribution in [1.29, 1.82) is 0 Å². The summed E-state index contributed by atoms with van der Waals surface area (Å²) >= 11 is 3.35. The molecule has 1 atom stereocenters. The standard InChI is InChI=1S/C11H13BrO2/c1-3-6-14-11-7-9(12)4-5-10(11)8(2)13/h3-5,7-8,13H,1,6H2,2H3/t8-/m0/s1. The van der Waals surface area contributed by atoms with E-state index in [1.54, 1.807) is 13.0 Å². The second-order valence-electron chi connectivity index (χ2n) is 2.96. The number of rotatable bonds is 4. The van der Waals surface area contributed by atoms with Crippen molar-refractivity contribution in [3.8, 4) is 5.75 Å². The van der Waals surface area contributed by atoms with Crippen LogP contribution in [0, 0.1) is 0 Å². The van der Waals surface area contributed by atoms with E-state index in [4.69, 9.17) is 4.74 Å². The summed E-state index contributed by atoms with van der Waals surface area (Å²) in [5, 5.41) is 9.47. The van der Waals surface area contributed by atoms with Crippen molar-refractivity contribution in [2.24, 2.45) is 0 Å². The van der Waals surface area contributed by atoms with Gasteiger partial charge in [-0.25, -0.2) is 0 Å². The third-order valence-electron chi connectivity index (χ3n) is 1.78. The van der Waals surface area contributed by atoms with Gasteiger partial charge in [-0.1, -0.05) is 34.7 Å². The van der Waals surface area contributed by atoms with Gasteiger partial charge in [0.05, 0.1) is 6.10 Å². The second kappa shape index (κ2) is 5.17. The highest BCUT2D eigenvalue weighted by atomic mass is 79.9. The van der Waals surface area contributed by atoms with Crippen LogP contribution in [0.1, 0.15) is 18.6 Å². The summed E-state index contributed by atoms with van der Waals surface area (Å²) in [5.74, 6) is 0.689. The van der Waals surface area contributed by atoms with Gasteiger partial charge in [-0.2, -0.15) is 0 Å². The van der Waals surface area contributed by atoms with Crippen LogP contribution in [0.4, 0.5) is 0 Å². The van der Waals surface area contributed by atoms with E-state index in [-0.39, 0.29) is 0 Å². The molecule has 76 valence electrons. The Hall–Kier alpha value is -0.800. The van der Waals surface area contributed by atoms with E-state index in [9.17, 15) is 5.11 Å². The van der Waals surface area contributed by atoms with Crippen LogP contribution in [0.3, 0.4) is 0 Å². The van der Waals surface area contributed by atoms with Gasteiger partial charge < -0.3 is 9.84 Å². The molecular weight excluding hydrogens is 244 g/mol. The zero-order chi connectivity index (χ0) is 10.6. The van der Waals surface area contributed by atoms with Crippen molar-refractivity contribution in [3.63, 3.8) is 0 Å². The van der Waals surface area contributed by atoms with Gasteiger partial charge in [0.1, 0.15) is 12.4 Å². The average Bonchev–Trinajstić information content (AvgIpc) is 2.14. The molecule has 0 unspecified atom stereocenters. The second-order valence-corrected chi connectivity index (χ2v) is 3.87. The minimum atomic E-state index is -0.525. The summed E-state index contributed by atoms with van der Waals surface area (Å²) in [5.41, 5.74) is 0.787. The Bertz CT molecular complexity index is 321. The summed E-state index contributed by atoms with van der Waals surface area (Å²) in [6, 6.07) is 5.56. The third-order valence-corrected chi connectivity index (χ3v) is 2.28. The van der Waals surface area contributed by atoms with Crippen LogP contribution in [0.5, 0.6) is 5.75 Å². The SMILES string of the molecule is C=CCOc1cc(Br)ccc1[C@H](C)O. The smallest absolute Gasteiger partial charge is 0.126 e. The maximum atomic E-state index is 9.47. The summed E-state index contributed by atoms with van der Waals surface area (Å²) in [4.78, 5) is 0. The van der Waals surface area contributed by atoms with E-state index < -0.39 is 6.10 Å². The van der Waals surface area contributed by atoms with Crippen LogP contribution in [0.2, 0.25) is 0 Å². The predicted molar refractivity (Wildman–Crippen MR) is 60.5 cm³/mol. The van der Waals surface area contributed by atoms with Crippen molar-refractivity contribution in [3.05, 3.63) is 40.9 Å². The van der Waals surface area contributed by atoms with Gasteiger partial charge in [-0.15, -0.1) is 0 Å². The molecule has 0 saturated carbocycles. The fourth-order valence-electron chi connectivity index (χ4n) is 1.13. The molecule has 0 aliphatic heterocycles. The van der Waals surface area contributed by atoms with Gasteiger partial charge in [-0.05, 0) is 19.1 Å². The lowest BCUT2D eigenvalue weighted by Gasteiger charge is -2.12. The molecule has 0 heterocycles. The van der Waals surface area contributed by atoms with Gasteiger partial charge in [0.25, 0.3) is 0 Å². The Balaban J connectivity index is 2.96. The van der Waals surface area contributed by atoms with Crippen molar-refractivity contribution < 1.29 is 9.84 Å². The molecule has 1 rings (SSSR count). The molecule has 0 spiro atoms. The van der Waals surface area contributed by atoms with Gasteiger partial charge >= 0.3 is 0 Å². The van der Waals surface area contributed by atoms with E-state index in [1.807, 2.05) is 18.2 Å². The number of hydrogen-bond acceptors (Lipinski definition) is 2. The first kappa shape index (κ1) is 11.3. The average molecular weight is 257 g/mol. The van der Waals surface area contributed by atoms with Crippen LogP contribution < -0.4 is 4.74 Å². The van der Waals surface area contributed by atoms with E-state index in [1.165, 1.54) is 0 Å².